The highest BCUT2D eigenvalue weighted by atomic mass is 79.9. The van der Waals surface area contributed by atoms with E-state index in [1.165, 1.54) is 29.2 Å². The molecule has 1 fully saturated rings. The van der Waals surface area contributed by atoms with Gasteiger partial charge in [-0.15, -0.1) is 0 Å². The van der Waals surface area contributed by atoms with Crippen molar-refractivity contribution < 1.29 is 23.8 Å². The van der Waals surface area contributed by atoms with Gasteiger partial charge in [-0.25, -0.2) is 9.37 Å². The fourth-order valence-corrected chi connectivity index (χ4v) is 4.16. The number of halogens is 2. The zero-order chi connectivity index (χ0) is 21.3. The molecule has 5 nitrogen and oxygen atoms in total. The number of rotatable bonds is 5. The fraction of sp³-hybridized carbons (Fsp3) is 0.130. The number of nitrogens with zero attached hydrogens (tertiary/aromatic N) is 1. The van der Waals surface area contributed by atoms with E-state index >= 15 is 0 Å². The van der Waals surface area contributed by atoms with Crippen molar-refractivity contribution in [3.8, 4) is 0 Å². The van der Waals surface area contributed by atoms with Crippen molar-refractivity contribution in [1.82, 2.24) is 4.90 Å². The Morgan fingerprint density at radius 3 is 2.50 bits per heavy atom. The molecule has 0 saturated carbocycles. The van der Waals surface area contributed by atoms with E-state index < -0.39 is 35.3 Å². The highest BCUT2D eigenvalue weighted by Gasteiger charge is 2.51. The number of pyridine rings is 1. The van der Waals surface area contributed by atoms with Gasteiger partial charge in [0.05, 0.1) is 12.6 Å². The van der Waals surface area contributed by atoms with Gasteiger partial charge < -0.3 is 4.90 Å². The highest BCUT2D eigenvalue weighted by molar-refractivity contribution is 9.10. The zero-order valence-electron chi connectivity index (χ0n) is 15.7. The third kappa shape index (κ3) is 3.80. The summed E-state index contributed by atoms with van der Waals surface area (Å²) < 4.78 is 14.1. The van der Waals surface area contributed by atoms with Crippen molar-refractivity contribution in [2.75, 3.05) is 0 Å². The van der Waals surface area contributed by atoms with Crippen LogP contribution in [0.25, 0.3) is 0 Å². The fourth-order valence-electron chi connectivity index (χ4n) is 3.74. The number of ketones is 2. The van der Waals surface area contributed by atoms with Crippen LogP contribution in [0.1, 0.15) is 27.5 Å². The van der Waals surface area contributed by atoms with Crippen molar-refractivity contribution in [3.63, 3.8) is 0 Å². The molecule has 30 heavy (non-hydrogen) atoms. The normalized spacial score (nSPS) is 18.7. The van der Waals surface area contributed by atoms with Crippen molar-refractivity contribution in [2.24, 2.45) is 5.92 Å². The lowest BCUT2D eigenvalue weighted by Crippen LogP contribution is -2.30. The molecule has 2 heterocycles. The van der Waals surface area contributed by atoms with Crippen LogP contribution in [0.5, 0.6) is 0 Å². The van der Waals surface area contributed by atoms with Crippen molar-refractivity contribution in [1.29, 1.82) is 0 Å². The van der Waals surface area contributed by atoms with E-state index in [0.29, 0.717) is 5.56 Å². The standard InChI is InChI=1S/C23H16BrFN2O3/c24-17-5-1-4-16(11-17)20-19(21(28)15-6-8-18(25)9-7-15)22(29)23(30)27(20)13-14-3-2-10-26-12-14/h1-12,19-20H,13H2/p+1. The van der Waals surface area contributed by atoms with Crippen LogP contribution in [-0.4, -0.2) is 22.4 Å². The Balaban J connectivity index is 1.78. The summed E-state index contributed by atoms with van der Waals surface area (Å²) >= 11 is 3.42. The van der Waals surface area contributed by atoms with Crippen LogP contribution in [0, 0.1) is 11.7 Å². The molecule has 0 bridgehead atoms. The third-order valence-corrected chi connectivity index (χ3v) is 5.62. The number of carbonyl (C=O) groups is 3. The Hall–Kier alpha value is -3.19. The van der Waals surface area contributed by atoms with Gasteiger partial charge in [-0.3, -0.25) is 14.4 Å². The van der Waals surface area contributed by atoms with Crippen LogP contribution in [0.2, 0.25) is 0 Å². The number of hydrogen-bond acceptors (Lipinski definition) is 3. The minimum absolute atomic E-state index is 0.173. The summed E-state index contributed by atoms with van der Waals surface area (Å²) in [5, 5.41) is 0. The van der Waals surface area contributed by atoms with Crippen LogP contribution in [0.3, 0.4) is 0 Å². The lowest BCUT2D eigenvalue weighted by Gasteiger charge is -2.27. The van der Waals surface area contributed by atoms with Crippen LogP contribution in [0.15, 0.2) is 77.5 Å². The number of aromatic nitrogens is 1. The molecule has 2 unspecified atom stereocenters. The molecule has 7 heteroatoms. The van der Waals surface area contributed by atoms with Gasteiger partial charge in [0.25, 0.3) is 5.91 Å². The van der Waals surface area contributed by atoms with Gasteiger partial charge in [-0.05, 0) is 48.0 Å². The number of amides is 1. The number of benzene rings is 2. The number of likely N-dealkylation sites (tertiary alicyclic amines) is 1. The van der Waals surface area contributed by atoms with Crippen LogP contribution < -0.4 is 4.98 Å². The summed E-state index contributed by atoms with van der Waals surface area (Å²) in [6, 6.07) is 15.1. The predicted molar refractivity (Wildman–Crippen MR) is 110 cm³/mol. The van der Waals surface area contributed by atoms with Gasteiger partial charge in [0.2, 0.25) is 5.78 Å². The summed E-state index contributed by atoms with van der Waals surface area (Å²) in [5.41, 5.74) is 1.66. The summed E-state index contributed by atoms with van der Waals surface area (Å²) in [5.74, 6) is -3.64. The monoisotopic (exact) mass is 467 g/mol. The maximum Gasteiger partial charge on any atom is 0.291 e. The molecular weight excluding hydrogens is 451 g/mol. The first-order valence-corrected chi connectivity index (χ1v) is 10.1. The molecule has 1 aromatic heterocycles. The Kier molecular flexibility index (Phi) is 5.55. The summed E-state index contributed by atoms with van der Waals surface area (Å²) in [6.45, 7) is 0.173. The molecule has 1 aliphatic heterocycles. The Morgan fingerprint density at radius 2 is 1.83 bits per heavy atom. The largest absolute Gasteiger partial charge is 0.323 e. The number of hydrogen-bond donors (Lipinski definition) is 0. The molecule has 1 aliphatic rings. The van der Waals surface area contributed by atoms with E-state index in [-0.39, 0.29) is 12.1 Å². The topological polar surface area (TPSA) is 68.6 Å². The number of H-pyrrole nitrogens is 1. The number of Topliss-reactive ketones (excluding diaryl/α,β-unsaturated/α-hetero) is 2. The first kappa shape index (κ1) is 20.1. The second-order valence-electron chi connectivity index (χ2n) is 7.06. The third-order valence-electron chi connectivity index (χ3n) is 5.13. The summed E-state index contributed by atoms with van der Waals surface area (Å²) in [6.07, 6.45) is 3.48. The highest BCUT2D eigenvalue weighted by Crippen LogP contribution is 2.39. The summed E-state index contributed by atoms with van der Waals surface area (Å²) in [7, 11) is 0. The first-order valence-electron chi connectivity index (χ1n) is 9.31. The van der Waals surface area contributed by atoms with Crippen molar-refractivity contribution >= 4 is 33.4 Å². The maximum atomic E-state index is 13.3. The molecule has 1 saturated heterocycles. The predicted octanol–water partition coefficient (Wildman–Crippen LogP) is 3.55. The first-order chi connectivity index (χ1) is 14.5. The van der Waals surface area contributed by atoms with Crippen molar-refractivity contribution in [2.45, 2.75) is 12.6 Å². The second kappa shape index (κ2) is 8.28. The molecule has 3 aromatic rings. The SMILES string of the molecule is O=C1C(=O)N(Cc2ccc[nH+]c2)C(c2cccc(Br)c2)C1C(=O)c1ccc(F)cc1. The quantitative estimate of drug-likeness (QED) is 0.327. The minimum Gasteiger partial charge on any atom is -0.323 e. The maximum absolute atomic E-state index is 13.3. The molecule has 0 radical (unpaired) electrons. The molecule has 150 valence electrons. The molecule has 0 spiro atoms. The molecule has 2 atom stereocenters. The lowest BCUT2D eigenvalue weighted by molar-refractivity contribution is -0.378. The van der Waals surface area contributed by atoms with E-state index in [0.717, 1.165) is 10.0 Å². The lowest BCUT2D eigenvalue weighted by atomic mass is 9.86. The van der Waals surface area contributed by atoms with Crippen LogP contribution >= 0.6 is 15.9 Å². The molecule has 2 aromatic carbocycles. The Morgan fingerprint density at radius 1 is 1.07 bits per heavy atom. The van der Waals surface area contributed by atoms with Crippen LogP contribution in [0.4, 0.5) is 4.39 Å². The minimum atomic E-state index is -1.20. The second-order valence-corrected chi connectivity index (χ2v) is 7.97. The zero-order valence-corrected chi connectivity index (χ0v) is 17.3. The van der Waals surface area contributed by atoms with Gasteiger partial charge in [0, 0.05) is 21.7 Å². The van der Waals surface area contributed by atoms with Gasteiger partial charge in [-0.2, -0.15) is 0 Å². The van der Waals surface area contributed by atoms with E-state index in [9.17, 15) is 18.8 Å². The number of aromatic amines is 1. The van der Waals surface area contributed by atoms with E-state index in [1.807, 2.05) is 12.1 Å². The molecule has 1 N–H and O–H groups in total. The molecular formula is C23H17BrFN2O3+. The Bertz CT molecular complexity index is 1120. The molecule has 1 amide bonds. The van der Waals surface area contributed by atoms with E-state index in [2.05, 4.69) is 20.9 Å². The average molecular weight is 468 g/mol. The van der Waals surface area contributed by atoms with Gasteiger partial charge in [0.1, 0.15) is 11.7 Å². The number of nitrogens with one attached hydrogen (secondary N) is 1. The average Bonchev–Trinajstić information content (AvgIpc) is 2.99. The molecule has 0 aliphatic carbocycles. The van der Waals surface area contributed by atoms with Crippen LogP contribution in [-0.2, 0) is 16.1 Å². The number of carbonyl (C=O) groups excluding carboxylic acids is 3. The van der Waals surface area contributed by atoms with Gasteiger partial charge in [-0.1, -0.05) is 28.1 Å². The van der Waals surface area contributed by atoms with Crippen molar-refractivity contribution in [3.05, 3.63) is 100 Å². The molecule has 4 rings (SSSR count). The Labute approximate surface area is 180 Å². The van der Waals surface area contributed by atoms with Gasteiger partial charge >= 0.3 is 0 Å². The summed E-state index contributed by atoms with van der Waals surface area (Å²) in [4.78, 5) is 43.5. The smallest absolute Gasteiger partial charge is 0.291 e. The van der Waals surface area contributed by atoms with Gasteiger partial charge in [0.15, 0.2) is 18.2 Å². The van der Waals surface area contributed by atoms with E-state index in [4.69, 9.17) is 0 Å². The van der Waals surface area contributed by atoms with E-state index in [1.54, 1.807) is 36.7 Å².